The van der Waals surface area contributed by atoms with Crippen molar-refractivity contribution in [3.05, 3.63) is 0 Å². The zero-order valence-corrected chi connectivity index (χ0v) is 8.38. The molecule has 0 bridgehead atoms. The molecule has 1 atom stereocenters. The smallest absolute Gasteiger partial charge is 0.243 e. The average molecular weight is 212 g/mol. The molecule has 0 amide bonds. The standard InChI is InChI=1S/C9H15F2N.ClH/c10-8(11)7-5-12-6-9(7)3-1-2-4-9;/h7-8,12H,1-6H2;1H. The van der Waals surface area contributed by atoms with Gasteiger partial charge in [0.15, 0.2) is 0 Å². The maximum atomic E-state index is 12.6. The Bertz CT molecular complexity index is 163. The summed E-state index contributed by atoms with van der Waals surface area (Å²) in [6.45, 7) is 1.35. The van der Waals surface area contributed by atoms with Crippen molar-refractivity contribution in [1.29, 1.82) is 0 Å². The maximum absolute atomic E-state index is 12.6. The van der Waals surface area contributed by atoms with Gasteiger partial charge in [-0.2, -0.15) is 0 Å². The fourth-order valence-corrected chi connectivity index (χ4v) is 2.81. The summed E-state index contributed by atoms with van der Waals surface area (Å²) < 4.78 is 25.2. The van der Waals surface area contributed by atoms with E-state index in [1.54, 1.807) is 0 Å². The monoisotopic (exact) mass is 211 g/mol. The molecule has 1 aliphatic carbocycles. The molecule has 1 unspecified atom stereocenters. The van der Waals surface area contributed by atoms with E-state index in [4.69, 9.17) is 0 Å². The van der Waals surface area contributed by atoms with Gasteiger partial charge in [-0.05, 0) is 18.3 Å². The van der Waals surface area contributed by atoms with Gasteiger partial charge in [-0.15, -0.1) is 12.4 Å². The molecule has 4 heteroatoms. The summed E-state index contributed by atoms with van der Waals surface area (Å²) in [5.74, 6) is -0.375. The highest BCUT2D eigenvalue weighted by atomic mass is 35.5. The average Bonchev–Trinajstić information content (AvgIpc) is 2.61. The van der Waals surface area contributed by atoms with Crippen LogP contribution in [-0.2, 0) is 0 Å². The molecule has 0 aromatic carbocycles. The van der Waals surface area contributed by atoms with E-state index in [0.717, 1.165) is 32.2 Å². The molecule has 1 heterocycles. The summed E-state index contributed by atoms with van der Waals surface area (Å²) in [5, 5.41) is 3.11. The van der Waals surface area contributed by atoms with Crippen LogP contribution in [0.25, 0.3) is 0 Å². The summed E-state index contributed by atoms with van der Waals surface area (Å²) in [6.07, 6.45) is 2.18. The molecule has 0 radical (unpaired) electrons. The van der Waals surface area contributed by atoms with E-state index in [1.807, 2.05) is 0 Å². The van der Waals surface area contributed by atoms with Crippen molar-refractivity contribution in [3.63, 3.8) is 0 Å². The first-order valence-electron chi connectivity index (χ1n) is 4.73. The first-order valence-corrected chi connectivity index (χ1v) is 4.73. The molecule has 1 spiro atoms. The van der Waals surface area contributed by atoms with Crippen LogP contribution in [0.5, 0.6) is 0 Å². The van der Waals surface area contributed by atoms with Crippen molar-refractivity contribution in [3.8, 4) is 0 Å². The molecule has 1 aliphatic heterocycles. The Morgan fingerprint density at radius 1 is 1.23 bits per heavy atom. The Morgan fingerprint density at radius 3 is 2.38 bits per heavy atom. The highest BCUT2D eigenvalue weighted by Crippen LogP contribution is 2.48. The van der Waals surface area contributed by atoms with Crippen molar-refractivity contribution in [1.82, 2.24) is 5.32 Å². The van der Waals surface area contributed by atoms with Crippen molar-refractivity contribution in [2.45, 2.75) is 32.1 Å². The molecule has 1 saturated carbocycles. The lowest BCUT2D eigenvalue weighted by Gasteiger charge is -2.29. The van der Waals surface area contributed by atoms with Crippen LogP contribution in [0.15, 0.2) is 0 Å². The number of nitrogens with one attached hydrogen (secondary N) is 1. The Labute approximate surface area is 83.7 Å². The van der Waals surface area contributed by atoms with E-state index in [0.29, 0.717) is 6.54 Å². The summed E-state index contributed by atoms with van der Waals surface area (Å²) in [5.41, 5.74) is -0.0336. The summed E-state index contributed by atoms with van der Waals surface area (Å²) in [6, 6.07) is 0. The first-order chi connectivity index (χ1) is 5.75. The van der Waals surface area contributed by atoms with E-state index in [-0.39, 0.29) is 23.7 Å². The molecule has 2 fully saturated rings. The molecule has 2 aliphatic rings. The lowest BCUT2D eigenvalue weighted by Crippen LogP contribution is -2.31. The molecule has 0 aromatic rings. The van der Waals surface area contributed by atoms with Crippen molar-refractivity contribution >= 4 is 12.4 Å². The van der Waals surface area contributed by atoms with E-state index < -0.39 is 6.43 Å². The summed E-state index contributed by atoms with van der Waals surface area (Å²) >= 11 is 0. The Kier molecular flexibility index (Phi) is 3.52. The number of hydrogen-bond acceptors (Lipinski definition) is 1. The van der Waals surface area contributed by atoms with E-state index in [2.05, 4.69) is 5.32 Å². The van der Waals surface area contributed by atoms with Gasteiger partial charge in [-0.25, -0.2) is 8.78 Å². The zero-order valence-electron chi connectivity index (χ0n) is 7.56. The van der Waals surface area contributed by atoms with Gasteiger partial charge in [0.25, 0.3) is 0 Å². The number of alkyl halides is 2. The van der Waals surface area contributed by atoms with Crippen LogP contribution < -0.4 is 5.32 Å². The van der Waals surface area contributed by atoms with Gasteiger partial charge < -0.3 is 5.32 Å². The Morgan fingerprint density at radius 2 is 1.85 bits per heavy atom. The van der Waals surface area contributed by atoms with Gasteiger partial charge in [0.05, 0.1) is 0 Å². The fourth-order valence-electron chi connectivity index (χ4n) is 2.81. The third-order valence-electron chi connectivity index (χ3n) is 3.53. The van der Waals surface area contributed by atoms with Gasteiger partial charge in [0, 0.05) is 19.0 Å². The van der Waals surface area contributed by atoms with Crippen LogP contribution in [0, 0.1) is 11.3 Å². The van der Waals surface area contributed by atoms with Crippen molar-refractivity contribution in [2.24, 2.45) is 11.3 Å². The van der Waals surface area contributed by atoms with E-state index in [1.165, 1.54) is 0 Å². The molecule has 78 valence electrons. The second-order valence-corrected chi connectivity index (χ2v) is 4.14. The highest BCUT2D eigenvalue weighted by Gasteiger charge is 2.48. The molecule has 2 rings (SSSR count). The maximum Gasteiger partial charge on any atom is 0.243 e. The Balaban J connectivity index is 0.000000845. The summed E-state index contributed by atoms with van der Waals surface area (Å²) in [4.78, 5) is 0. The second kappa shape index (κ2) is 4.09. The largest absolute Gasteiger partial charge is 0.316 e. The molecule has 1 nitrogen and oxygen atoms in total. The van der Waals surface area contributed by atoms with Gasteiger partial charge in [0.1, 0.15) is 0 Å². The molecular weight excluding hydrogens is 196 g/mol. The number of rotatable bonds is 1. The normalized spacial score (nSPS) is 31.2. The zero-order chi connectivity index (χ0) is 8.60. The SMILES string of the molecule is Cl.FC(F)C1CNCC12CCCC2. The van der Waals surface area contributed by atoms with Crippen molar-refractivity contribution < 1.29 is 8.78 Å². The minimum absolute atomic E-state index is 0. The number of halogens is 3. The highest BCUT2D eigenvalue weighted by molar-refractivity contribution is 5.85. The van der Waals surface area contributed by atoms with Crippen LogP contribution in [-0.4, -0.2) is 19.5 Å². The van der Waals surface area contributed by atoms with Crippen LogP contribution in [0.3, 0.4) is 0 Å². The van der Waals surface area contributed by atoms with E-state index in [9.17, 15) is 8.78 Å². The first kappa shape index (κ1) is 11.2. The third-order valence-corrected chi connectivity index (χ3v) is 3.53. The minimum atomic E-state index is -2.13. The lowest BCUT2D eigenvalue weighted by atomic mass is 9.77. The molecule has 13 heavy (non-hydrogen) atoms. The molecule has 0 aromatic heterocycles. The van der Waals surface area contributed by atoms with E-state index >= 15 is 0 Å². The fraction of sp³-hybridized carbons (Fsp3) is 1.00. The minimum Gasteiger partial charge on any atom is -0.316 e. The van der Waals surface area contributed by atoms with Crippen LogP contribution >= 0.6 is 12.4 Å². The quantitative estimate of drug-likeness (QED) is 0.703. The third kappa shape index (κ3) is 1.82. The predicted octanol–water partition coefficient (Wildman–Crippen LogP) is 2.45. The molecular formula is C9H16ClF2N. The van der Waals surface area contributed by atoms with Gasteiger partial charge in [-0.3, -0.25) is 0 Å². The molecule has 1 N–H and O–H groups in total. The van der Waals surface area contributed by atoms with Crippen LogP contribution in [0.2, 0.25) is 0 Å². The van der Waals surface area contributed by atoms with Crippen LogP contribution in [0.1, 0.15) is 25.7 Å². The number of hydrogen-bond donors (Lipinski definition) is 1. The Hall–Kier alpha value is 0.110. The van der Waals surface area contributed by atoms with Gasteiger partial charge in [-0.1, -0.05) is 12.8 Å². The predicted molar refractivity (Wildman–Crippen MR) is 50.5 cm³/mol. The molecule has 1 saturated heterocycles. The lowest BCUT2D eigenvalue weighted by molar-refractivity contribution is 0.0248. The topological polar surface area (TPSA) is 12.0 Å². The summed E-state index contributed by atoms with van der Waals surface area (Å²) in [7, 11) is 0. The van der Waals surface area contributed by atoms with Crippen molar-refractivity contribution in [2.75, 3.05) is 13.1 Å². The van der Waals surface area contributed by atoms with Gasteiger partial charge >= 0.3 is 0 Å². The van der Waals surface area contributed by atoms with Gasteiger partial charge in [0.2, 0.25) is 6.43 Å². The second-order valence-electron chi connectivity index (χ2n) is 4.14. The van der Waals surface area contributed by atoms with Crippen LogP contribution in [0.4, 0.5) is 8.78 Å².